The summed E-state index contributed by atoms with van der Waals surface area (Å²) in [6, 6.07) is 0. The number of hydrogen-bond acceptors (Lipinski definition) is 1. The summed E-state index contributed by atoms with van der Waals surface area (Å²) in [7, 11) is 0. The van der Waals surface area contributed by atoms with Gasteiger partial charge in [0.25, 0.3) is 0 Å². The molecule has 34 heavy (non-hydrogen) atoms. The number of fused-ring (bicyclic) bond motifs is 7. The van der Waals surface area contributed by atoms with Crippen LogP contribution in [0.4, 0.5) is 0 Å². The van der Waals surface area contributed by atoms with E-state index in [-0.39, 0.29) is 5.41 Å². The molecule has 0 amide bonds. The first-order chi connectivity index (χ1) is 15.7. The van der Waals surface area contributed by atoms with Gasteiger partial charge in [-0.25, -0.2) is 0 Å². The normalized spacial score (nSPS) is 51.4. The van der Waals surface area contributed by atoms with Gasteiger partial charge in [-0.2, -0.15) is 0 Å². The first-order valence-corrected chi connectivity index (χ1v) is 15.1. The Bertz CT molecular complexity index is 835. The van der Waals surface area contributed by atoms with Crippen molar-refractivity contribution < 1.29 is 4.74 Å². The van der Waals surface area contributed by atoms with E-state index in [2.05, 4.69) is 68.4 Å². The summed E-state index contributed by atoms with van der Waals surface area (Å²) in [6.07, 6.45) is 18.3. The molecule has 0 aromatic carbocycles. The third kappa shape index (κ3) is 3.33. The molecule has 0 heterocycles. The predicted molar refractivity (Wildman–Crippen MR) is 145 cm³/mol. The minimum absolute atomic E-state index is 0.285. The summed E-state index contributed by atoms with van der Waals surface area (Å²) in [5.41, 5.74) is 4.52. The SMILES string of the molecule is CCCO[C@H]1CC[C@]2(C)[C@H]3CC=C4[C@@H]5CC(C)(C)CC[C@]5(C)CC[C@@]4(C)[C@]3(C)CC[C@H]2C1(C)C. The van der Waals surface area contributed by atoms with E-state index in [0.717, 1.165) is 30.8 Å². The maximum absolute atomic E-state index is 6.49. The molecule has 0 bridgehead atoms. The second kappa shape index (κ2) is 7.85. The van der Waals surface area contributed by atoms with E-state index >= 15 is 0 Å². The summed E-state index contributed by atoms with van der Waals surface area (Å²) in [6.45, 7) is 24.2. The fourth-order valence-electron chi connectivity index (χ4n) is 11.1. The Hall–Kier alpha value is -0.300. The molecular weight excluding hydrogens is 412 g/mol. The van der Waals surface area contributed by atoms with Gasteiger partial charge in [0.2, 0.25) is 0 Å². The fourth-order valence-corrected chi connectivity index (χ4v) is 11.1. The fraction of sp³-hybridized carbons (Fsp3) is 0.939. The van der Waals surface area contributed by atoms with E-state index in [1.165, 1.54) is 64.2 Å². The van der Waals surface area contributed by atoms with Crippen LogP contribution < -0.4 is 0 Å². The Morgan fingerprint density at radius 1 is 0.824 bits per heavy atom. The van der Waals surface area contributed by atoms with Crippen LogP contribution in [0.25, 0.3) is 0 Å². The Balaban J connectivity index is 1.51. The summed E-state index contributed by atoms with van der Waals surface area (Å²) in [5.74, 6) is 2.42. The Kier molecular flexibility index (Phi) is 5.85. The van der Waals surface area contributed by atoms with Gasteiger partial charge in [0.1, 0.15) is 0 Å². The van der Waals surface area contributed by atoms with Crippen LogP contribution in [0, 0.1) is 50.2 Å². The van der Waals surface area contributed by atoms with Crippen molar-refractivity contribution in [1.82, 2.24) is 0 Å². The van der Waals surface area contributed by atoms with E-state index in [9.17, 15) is 0 Å². The lowest BCUT2D eigenvalue weighted by molar-refractivity contribution is -0.211. The van der Waals surface area contributed by atoms with Gasteiger partial charge in [0.05, 0.1) is 6.10 Å². The third-order valence-electron chi connectivity index (χ3n) is 13.5. The summed E-state index contributed by atoms with van der Waals surface area (Å²) < 4.78 is 6.49. The van der Waals surface area contributed by atoms with Gasteiger partial charge in [-0.15, -0.1) is 0 Å². The van der Waals surface area contributed by atoms with E-state index in [1.807, 2.05) is 5.57 Å². The Morgan fingerprint density at radius 2 is 1.53 bits per heavy atom. The van der Waals surface area contributed by atoms with Gasteiger partial charge in [0.15, 0.2) is 0 Å². The largest absolute Gasteiger partial charge is 0.378 e. The molecule has 1 heteroatoms. The highest BCUT2D eigenvalue weighted by Gasteiger charge is 2.67. The van der Waals surface area contributed by atoms with Crippen molar-refractivity contribution in [3.8, 4) is 0 Å². The molecule has 4 saturated carbocycles. The monoisotopic (exact) mass is 468 g/mol. The molecule has 0 aromatic heterocycles. The highest BCUT2D eigenvalue weighted by Crippen LogP contribution is 2.75. The van der Waals surface area contributed by atoms with Crippen molar-refractivity contribution in [3.05, 3.63) is 11.6 Å². The van der Waals surface area contributed by atoms with Gasteiger partial charge >= 0.3 is 0 Å². The highest BCUT2D eigenvalue weighted by molar-refractivity contribution is 5.33. The van der Waals surface area contributed by atoms with Crippen molar-refractivity contribution >= 4 is 0 Å². The van der Waals surface area contributed by atoms with Crippen LogP contribution in [0.3, 0.4) is 0 Å². The number of hydrogen-bond donors (Lipinski definition) is 0. The lowest BCUT2D eigenvalue weighted by Gasteiger charge is -2.71. The quantitative estimate of drug-likeness (QED) is 0.375. The van der Waals surface area contributed by atoms with Gasteiger partial charge in [0, 0.05) is 6.61 Å². The van der Waals surface area contributed by atoms with E-state index in [1.54, 1.807) is 0 Å². The molecule has 0 unspecified atom stereocenters. The van der Waals surface area contributed by atoms with Gasteiger partial charge in [-0.05, 0) is 121 Å². The number of ether oxygens (including phenoxy) is 1. The van der Waals surface area contributed by atoms with Crippen LogP contribution >= 0.6 is 0 Å². The molecule has 5 rings (SSSR count). The average Bonchev–Trinajstić information content (AvgIpc) is 2.74. The Labute approximate surface area is 212 Å². The van der Waals surface area contributed by atoms with E-state index < -0.39 is 0 Å². The maximum Gasteiger partial charge on any atom is 0.0629 e. The molecule has 8 atom stereocenters. The standard InChI is InChI=1S/C33H56O/c1-10-21-34-27-14-15-31(7)25(29(27,4)5)13-16-33(9)26(31)12-11-23-24-22-28(2,3)17-18-30(24,6)19-20-32(23,33)8/h11,24-27H,10,12-22H2,1-9H3/t24-,25-,26+,27-,30+,31-,32+,33+/m0/s1. The molecule has 5 aliphatic rings. The van der Waals surface area contributed by atoms with E-state index in [0.29, 0.717) is 33.2 Å². The number of rotatable bonds is 3. The zero-order valence-electron chi connectivity index (χ0n) is 24.3. The van der Waals surface area contributed by atoms with E-state index in [4.69, 9.17) is 4.74 Å². The summed E-state index contributed by atoms with van der Waals surface area (Å²) >= 11 is 0. The zero-order valence-corrected chi connectivity index (χ0v) is 24.3. The van der Waals surface area contributed by atoms with Crippen LogP contribution in [-0.2, 0) is 4.74 Å². The zero-order chi connectivity index (χ0) is 24.8. The van der Waals surface area contributed by atoms with Crippen molar-refractivity contribution in [1.29, 1.82) is 0 Å². The molecule has 1 nitrogen and oxygen atoms in total. The minimum atomic E-state index is 0.285. The second-order valence-corrected chi connectivity index (χ2v) is 16.1. The molecule has 0 aliphatic heterocycles. The molecule has 0 radical (unpaired) electrons. The molecule has 0 aromatic rings. The average molecular weight is 469 g/mol. The predicted octanol–water partition coefficient (Wildman–Crippen LogP) is 9.60. The first-order valence-electron chi connectivity index (χ1n) is 15.1. The van der Waals surface area contributed by atoms with Crippen LogP contribution in [-0.4, -0.2) is 12.7 Å². The molecule has 0 N–H and O–H groups in total. The first kappa shape index (κ1) is 25.4. The smallest absolute Gasteiger partial charge is 0.0629 e. The van der Waals surface area contributed by atoms with Crippen molar-refractivity contribution in [2.24, 2.45) is 50.2 Å². The lowest BCUT2D eigenvalue weighted by atomic mass is 9.33. The summed E-state index contributed by atoms with van der Waals surface area (Å²) in [4.78, 5) is 0. The molecule has 194 valence electrons. The topological polar surface area (TPSA) is 9.23 Å². The maximum atomic E-state index is 6.49. The summed E-state index contributed by atoms with van der Waals surface area (Å²) in [5, 5.41) is 0. The van der Waals surface area contributed by atoms with Crippen molar-refractivity contribution in [2.75, 3.05) is 6.61 Å². The molecule has 5 aliphatic carbocycles. The highest BCUT2D eigenvalue weighted by atomic mass is 16.5. The second-order valence-electron chi connectivity index (χ2n) is 16.1. The van der Waals surface area contributed by atoms with Crippen LogP contribution in [0.5, 0.6) is 0 Å². The third-order valence-corrected chi connectivity index (χ3v) is 13.5. The minimum Gasteiger partial charge on any atom is -0.378 e. The van der Waals surface area contributed by atoms with Gasteiger partial charge in [-0.1, -0.05) is 74.0 Å². The van der Waals surface area contributed by atoms with Gasteiger partial charge < -0.3 is 4.74 Å². The van der Waals surface area contributed by atoms with Crippen LogP contribution in [0.2, 0.25) is 0 Å². The van der Waals surface area contributed by atoms with Crippen molar-refractivity contribution in [2.45, 2.75) is 139 Å². The van der Waals surface area contributed by atoms with Crippen LogP contribution in [0.15, 0.2) is 11.6 Å². The number of allylic oxidation sites excluding steroid dienone is 2. The molecular formula is C33H56O. The Morgan fingerprint density at radius 3 is 2.24 bits per heavy atom. The lowest BCUT2D eigenvalue weighted by Crippen LogP contribution is -2.64. The van der Waals surface area contributed by atoms with Gasteiger partial charge in [-0.3, -0.25) is 0 Å². The molecule has 4 fully saturated rings. The van der Waals surface area contributed by atoms with Crippen molar-refractivity contribution in [3.63, 3.8) is 0 Å². The van der Waals surface area contributed by atoms with Crippen LogP contribution in [0.1, 0.15) is 133 Å². The molecule has 0 spiro atoms. The molecule has 0 saturated heterocycles.